The number of aryl methyl sites for hydroxylation is 1. The lowest BCUT2D eigenvalue weighted by Gasteiger charge is -2.32. The van der Waals surface area contributed by atoms with Gasteiger partial charge in [-0.15, -0.1) is 0 Å². The number of amides is 1. The van der Waals surface area contributed by atoms with E-state index < -0.39 is 10.0 Å². The molecular formula is C18H22N2O4S. The molecule has 1 fully saturated rings. The molecule has 0 bridgehead atoms. The Hall–Kier alpha value is -2.12. The van der Waals surface area contributed by atoms with Crippen LogP contribution in [0.15, 0.2) is 52.2 Å². The van der Waals surface area contributed by atoms with Crippen molar-refractivity contribution in [3.05, 3.63) is 54.0 Å². The topological polar surface area (TPSA) is 79.6 Å². The summed E-state index contributed by atoms with van der Waals surface area (Å²) in [5.74, 6) is 0.0321. The average molecular weight is 362 g/mol. The molecule has 6 nitrogen and oxygen atoms in total. The summed E-state index contributed by atoms with van der Waals surface area (Å²) in [4.78, 5) is 14.4. The number of hydrogen-bond donors (Lipinski definition) is 1. The van der Waals surface area contributed by atoms with Gasteiger partial charge in [-0.3, -0.25) is 4.79 Å². The predicted molar refractivity (Wildman–Crippen MR) is 93.7 cm³/mol. The van der Waals surface area contributed by atoms with E-state index in [1.165, 1.54) is 12.5 Å². The number of furan rings is 1. The van der Waals surface area contributed by atoms with Gasteiger partial charge in [0.15, 0.2) is 0 Å². The van der Waals surface area contributed by atoms with Gasteiger partial charge < -0.3 is 9.32 Å². The molecule has 3 rings (SSSR count). The molecular weight excluding hydrogens is 340 g/mol. The fourth-order valence-corrected chi connectivity index (χ4v) is 4.13. The highest BCUT2D eigenvalue weighted by Crippen LogP contribution is 2.19. The highest BCUT2D eigenvalue weighted by molar-refractivity contribution is 7.89. The Balaban J connectivity index is 1.59. The maximum absolute atomic E-state index is 12.4. The van der Waals surface area contributed by atoms with Crippen LogP contribution in [0, 0.1) is 12.8 Å². The van der Waals surface area contributed by atoms with E-state index in [0.717, 1.165) is 18.4 Å². The molecule has 1 aliphatic rings. The van der Waals surface area contributed by atoms with Crippen LogP contribution in [-0.4, -0.2) is 38.9 Å². The number of rotatable bonds is 5. The summed E-state index contributed by atoms with van der Waals surface area (Å²) in [6, 6.07) is 8.41. The Labute approximate surface area is 147 Å². The van der Waals surface area contributed by atoms with Gasteiger partial charge in [0.2, 0.25) is 10.0 Å². The second-order valence-corrected chi connectivity index (χ2v) is 8.20. The van der Waals surface area contributed by atoms with Crippen molar-refractivity contribution in [3.8, 4) is 0 Å². The number of nitrogens with one attached hydrogen (secondary N) is 1. The highest BCUT2D eigenvalue weighted by Gasteiger charge is 2.26. The van der Waals surface area contributed by atoms with E-state index in [9.17, 15) is 13.2 Å². The summed E-state index contributed by atoms with van der Waals surface area (Å²) in [5.41, 5.74) is 1.54. The molecule has 0 radical (unpaired) electrons. The Bertz CT molecular complexity index is 813. The van der Waals surface area contributed by atoms with Crippen molar-refractivity contribution in [1.82, 2.24) is 9.62 Å². The van der Waals surface area contributed by atoms with Crippen molar-refractivity contribution < 1.29 is 17.6 Å². The molecule has 1 N–H and O–H groups in total. The van der Waals surface area contributed by atoms with Crippen LogP contribution in [0.3, 0.4) is 0 Å². The van der Waals surface area contributed by atoms with Gasteiger partial charge in [-0.1, -0.05) is 17.7 Å². The van der Waals surface area contributed by atoms with Crippen LogP contribution in [0.2, 0.25) is 0 Å². The molecule has 0 aliphatic carbocycles. The second-order valence-electron chi connectivity index (χ2n) is 6.44. The molecule has 2 aromatic rings. The van der Waals surface area contributed by atoms with Crippen molar-refractivity contribution in [2.75, 3.05) is 19.6 Å². The van der Waals surface area contributed by atoms with Gasteiger partial charge in [0.1, 0.15) is 6.26 Å². The summed E-state index contributed by atoms with van der Waals surface area (Å²) < 4.78 is 32.4. The minimum Gasteiger partial charge on any atom is -0.472 e. The average Bonchev–Trinajstić information content (AvgIpc) is 3.15. The molecule has 0 saturated carbocycles. The lowest BCUT2D eigenvalue weighted by atomic mass is 9.98. The van der Waals surface area contributed by atoms with Gasteiger partial charge >= 0.3 is 0 Å². The number of sulfonamides is 1. The lowest BCUT2D eigenvalue weighted by Crippen LogP contribution is -2.43. The third-order valence-electron chi connectivity index (χ3n) is 4.47. The van der Waals surface area contributed by atoms with Gasteiger partial charge in [-0.25, -0.2) is 13.1 Å². The van der Waals surface area contributed by atoms with Crippen LogP contribution in [-0.2, 0) is 10.0 Å². The van der Waals surface area contributed by atoms with Crippen LogP contribution in [0.4, 0.5) is 0 Å². The molecule has 1 saturated heterocycles. The van der Waals surface area contributed by atoms with Gasteiger partial charge in [0.05, 0.1) is 16.7 Å². The molecule has 25 heavy (non-hydrogen) atoms. The SMILES string of the molecule is Cc1ccc(S(=O)(=O)NCC2CCCN(C(=O)c3ccoc3)C2)cc1. The van der Waals surface area contributed by atoms with Gasteiger partial charge in [-0.2, -0.15) is 0 Å². The van der Waals surface area contributed by atoms with Crippen LogP contribution in [0.25, 0.3) is 0 Å². The fourth-order valence-electron chi connectivity index (χ4n) is 3.01. The summed E-state index contributed by atoms with van der Waals surface area (Å²) >= 11 is 0. The molecule has 1 atom stereocenters. The zero-order valence-electron chi connectivity index (χ0n) is 14.1. The standard InChI is InChI=1S/C18H22N2O4S/c1-14-4-6-17(7-5-14)25(22,23)19-11-15-3-2-9-20(12-15)18(21)16-8-10-24-13-16/h4-8,10,13,15,19H,2-3,9,11-12H2,1H3. The normalized spacial score (nSPS) is 18.3. The van der Waals surface area contributed by atoms with E-state index >= 15 is 0 Å². The molecule has 0 spiro atoms. The Morgan fingerprint density at radius 2 is 2.04 bits per heavy atom. The first-order chi connectivity index (χ1) is 12.0. The van der Waals surface area contributed by atoms with E-state index in [2.05, 4.69) is 4.72 Å². The number of benzene rings is 1. The van der Waals surface area contributed by atoms with Gasteiger partial charge in [0.25, 0.3) is 5.91 Å². The quantitative estimate of drug-likeness (QED) is 0.886. The third-order valence-corrected chi connectivity index (χ3v) is 5.91. The number of carbonyl (C=O) groups is 1. The van der Waals surface area contributed by atoms with E-state index in [1.807, 2.05) is 6.92 Å². The molecule has 1 aromatic carbocycles. The maximum atomic E-state index is 12.4. The lowest BCUT2D eigenvalue weighted by molar-refractivity contribution is 0.0675. The summed E-state index contributed by atoms with van der Waals surface area (Å²) in [7, 11) is -3.53. The van der Waals surface area contributed by atoms with Crippen molar-refractivity contribution in [2.24, 2.45) is 5.92 Å². The van der Waals surface area contributed by atoms with Gasteiger partial charge in [0, 0.05) is 19.6 Å². The number of likely N-dealkylation sites (tertiary alicyclic amines) is 1. The minimum absolute atomic E-state index is 0.0696. The molecule has 1 amide bonds. The van der Waals surface area contributed by atoms with E-state index in [-0.39, 0.29) is 16.7 Å². The van der Waals surface area contributed by atoms with E-state index in [4.69, 9.17) is 4.42 Å². The third kappa shape index (κ3) is 4.29. The zero-order valence-corrected chi connectivity index (χ0v) is 15.0. The van der Waals surface area contributed by atoms with Crippen LogP contribution in [0.1, 0.15) is 28.8 Å². The number of nitrogens with zero attached hydrogens (tertiary/aromatic N) is 1. The monoisotopic (exact) mass is 362 g/mol. The second kappa shape index (κ2) is 7.41. The molecule has 1 aromatic heterocycles. The first kappa shape index (κ1) is 17.7. The molecule has 1 aliphatic heterocycles. The van der Waals surface area contributed by atoms with Crippen LogP contribution in [0.5, 0.6) is 0 Å². The molecule has 1 unspecified atom stereocenters. The summed E-state index contributed by atoms with van der Waals surface area (Å²) in [6.07, 6.45) is 4.67. The van der Waals surface area contributed by atoms with Crippen LogP contribution >= 0.6 is 0 Å². The Morgan fingerprint density at radius 3 is 2.72 bits per heavy atom. The molecule has 7 heteroatoms. The fraction of sp³-hybridized carbons (Fsp3) is 0.389. The largest absolute Gasteiger partial charge is 0.472 e. The first-order valence-electron chi connectivity index (χ1n) is 8.33. The van der Waals surface area contributed by atoms with Gasteiger partial charge in [-0.05, 0) is 43.9 Å². The first-order valence-corrected chi connectivity index (χ1v) is 9.82. The molecule has 2 heterocycles. The van der Waals surface area contributed by atoms with Crippen molar-refractivity contribution >= 4 is 15.9 Å². The Kier molecular flexibility index (Phi) is 5.24. The van der Waals surface area contributed by atoms with Crippen molar-refractivity contribution in [1.29, 1.82) is 0 Å². The number of piperidine rings is 1. The maximum Gasteiger partial charge on any atom is 0.257 e. The molecule has 134 valence electrons. The van der Waals surface area contributed by atoms with Crippen LogP contribution < -0.4 is 4.72 Å². The Morgan fingerprint density at radius 1 is 1.28 bits per heavy atom. The number of carbonyl (C=O) groups excluding carboxylic acids is 1. The summed E-state index contributed by atoms with van der Waals surface area (Å²) in [5, 5.41) is 0. The minimum atomic E-state index is -3.53. The predicted octanol–water partition coefficient (Wildman–Crippen LogP) is 2.42. The number of hydrogen-bond acceptors (Lipinski definition) is 4. The van der Waals surface area contributed by atoms with Crippen molar-refractivity contribution in [3.63, 3.8) is 0 Å². The van der Waals surface area contributed by atoms with E-state index in [1.54, 1.807) is 35.2 Å². The zero-order chi connectivity index (χ0) is 17.9. The smallest absolute Gasteiger partial charge is 0.257 e. The summed E-state index contributed by atoms with van der Waals surface area (Å²) in [6.45, 7) is 3.47. The van der Waals surface area contributed by atoms with E-state index in [0.29, 0.717) is 25.2 Å². The highest BCUT2D eigenvalue weighted by atomic mass is 32.2. The van der Waals surface area contributed by atoms with Crippen molar-refractivity contribution in [2.45, 2.75) is 24.7 Å².